The lowest BCUT2D eigenvalue weighted by Gasteiger charge is -1.96. The minimum Gasteiger partial charge on any atom is -0.504 e. The van der Waals surface area contributed by atoms with Gasteiger partial charge < -0.3 is 15.9 Å². The van der Waals surface area contributed by atoms with E-state index in [4.69, 9.17) is 15.9 Å². The van der Waals surface area contributed by atoms with Crippen LogP contribution in [0.2, 0.25) is 0 Å². The molecule has 20 heavy (non-hydrogen) atoms. The van der Waals surface area contributed by atoms with Crippen LogP contribution in [-0.4, -0.2) is 25.1 Å². The Bertz CT molecular complexity index is 618. The Hall–Kier alpha value is -1.94. The third kappa shape index (κ3) is 4.03. The van der Waals surface area contributed by atoms with Crippen molar-refractivity contribution in [2.75, 3.05) is 5.73 Å². The van der Waals surface area contributed by atoms with E-state index >= 15 is 0 Å². The number of nitro groups is 1. The molecule has 0 aliphatic carbocycles. The number of rotatable bonds is 1. The topological polar surface area (TPSA) is 135 Å². The van der Waals surface area contributed by atoms with Crippen LogP contribution in [0.4, 0.5) is 11.4 Å². The molecule has 0 saturated heterocycles. The standard InChI is InChI=1S/C5H3BrN2O3.C5H5BrN2O/c6-5-4(9)3(8(10)11)1-2-7-5;6-5-4(9)3(7)1-2-8-5/h1-2,9H;1-2,9H,(H2,7,8). The molecule has 0 aliphatic heterocycles. The van der Waals surface area contributed by atoms with Crippen molar-refractivity contribution in [1.29, 1.82) is 0 Å². The minimum absolute atomic E-state index is 0.00231. The van der Waals surface area contributed by atoms with Crippen LogP contribution in [-0.2, 0) is 0 Å². The predicted octanol–water partition coefficient (Wildman–Crippen LogP) is 2.59. The summed E-state index contributed by atoms with van der Waals surface area (Å²) in [5.74, 6) is -0.449. The average Bonchev–Trinajstić information content (AvgIpc) is 2.39. The van der Waals surface area contributed by atoms with E-state index in [9.17, 15) is 10.1 Å². The van der Waals surface area contributed by atoms with E-state index in [0.717, 1.165) is 6.07 Å². The average molecular weight is 408 g/mol. The van der Waals surface area contributed by atoms with Crippen LogP contribution in [0.3, 0.4) is 0 Å². The number of anilines is 1. The molecule has 0 bridgehead atoms. The van der Waals surface area contributed by atoms with Gasteiger partial charge in [0, 0.05) is 18.5 Å². The first-order chi connectivity index (χ1) is 9.34. The summed E-state index contributed by atoms with van der Waals surface area (Å²) in [4.78, 5) is 16.8. The van der Waals surface area contributed by atoms with E-state index in [1.165, 1.54) is 18.5 Å². The fraction of sp³-hybridized carbons (Fsp3) is 0. The number of aromatic hydroxyl groups is 2. The molecule has 10 heteroatoms. The largest absolute Gasteiger partial charge is 0.504 e. The van der Waals surface area contributed by atoms with Gasteiger partial charge in [-0.2, -0.15) is 0 Å². The van der Waals surface area contributed by atoms with Crippen LogP contribution in [0.25, 0.3) is 0 Å². The van der Waals surface area contributed by atoms with E-state index in [2.05, 4.69) is 41.8 Å². The summed E-state index contributed by atoms with van der Waals surface area (Å²) in [5.41, 5.74) is 5.28. The Morgan fingerprint density at radius 2 is 1.60 bits per heavy atom. The molecular weight excluding hydrogens is 400 g/mol. The van der Waals surface area contributed by atoms with Gasteiger partial charge in [0.15, 0.2) is 10.4 Å². The summed E-state index contributed by atoms with van der Waals surface area (Å²) < 4.78 is 0.453. The second-order valence-corrected chi connectivity index (χ2v) is 4.77. The van der Waals surface area contributed by atoms with Gasteiger partial charge in [0.05, 0.1) is 10.6 Å². The number of hydrogen-bond acceptors (Lipinski definition) is 7. The molecule has 0 atom stereocenters. The number of hydrogen-bond donors (Lipinski definition) is 3. The highest BCUT2D eigenvalue weighted by molar-refractivity contribution is 9.10. The van der Waals surface area contributed by atoms with E-state index in [0.29, 0.717) is 10.3 Å². The van der Waals surface area contributed by atoms with Crippen LogP contribution >= 0.6 is 31.9 Å². The quantitative estimate of drug-likeness (QED) is 0.375. The van der Waals surface area contributed by atoms with Crippen LogP contribution < -0.4 is 5.73 Å². The minimum atomic E-state index is -0.679. The normalized spacial score (nSPS) is 9.50. The van der Waals surface area contributed by atoms with Crippen molar-refractivity contribution in [3.05, 3.63) is 43.8 Å². The maximum Gasteiger partial charge on any atom is 0.315 e. The lowest BCUT2D eigenvalue weighted by molar-refractivity contribution is -0.386. The van der Waals surface area contributed by atoms with Gasteiger partial charge in [-0.1, -0.05) is 0 Å². The molecule has 2 aromatic rings. The third-order valence-electron chi connectivity index (χ3n) is 1.97. The number of pyridine rings is 2. The molecule has 0 aromatic carbocycles. The van der Waals surface area contributed by atoms with Crippen LogP contribution in [0.15, 0.2) is 33.7 Å². The number of nitrogens with zero attached hydrogens (tertiary/aromatic N) is 3. The third-order valence-corrected chi connectivity index (χ3v) is 3.13. The molecule has 0 spiro atoms. The van der Waals surface area contributed by atoms with Gasteiger partial charge in [-0.3, -0.25) is 10.1 Å². The summed E-state index contributed by atoms with van der Waals surface area (Å²) in [6.45, 7) is 0. The summed E-state index contributed by atoms with van der Waals surface area (Å²) in [7, 11) is 0. The number of halogens is 2. The van der Waals surface area contributed by atoms with Crippen LogP contribution in [0.1, 0.15) is 0 Å². The monoisotopic (exact) mass is 406 g/mol. The Balaban J connectivity index is 0.000000204. The van der Waals surface area contributed by atoms with Crippen LogP contribution in [0.5, 0.6) is 11.5 Å². The van der Waals surface area contributed by atoms with Crippen molar-refractivity contribution in [2.24, 2.45) is 0 Å². The van der Waals surface area contributed by atoms with Gasteiger partial charge >= 0.3 is 5.69 Å². The first-order valence-corrected chi connectivity index (χ1v) is 6.50. The molecule has 0 fully saturated rings. The molecular formula is C10H8Br2N4O4. The van der Waals surface area contributed by atoms with Crippen molar-refractivity contribution in [2.45, 2.75) is 0 Å². The molecule has 0 amide bonds. The Labute approximate surface area is 129 Å². The molecule has 2 aromatic heterocycles. The molecule has 0 aliphatic rings. The van der Waals surface area contributed by atoms with Gasteiger partial charge in [0.2, 0.25) is 5.75 Å². The fourth-order valence-electron chi connectivity index (χ4n) is 1.01. The van der Waals surface area contributed by atoms with E-state index in [1.54, 1.807) is 0 Å². The van der Waals surface area contributed by atoms with Crippen molar-refractivity contribution >= 4 is 43.2 Å². The van der Waals surface area contributed by atoms with E-state index < -0.39 is 10.7 Å². The van der Waals surface area contributed by atoms with Gasteiger partial charge in [0.1, 0.15) is 4.60 Å². The van der Waals surface area contributed by atoms with Gasteiger partial charge in [-0.25, -0.2) is 9.97 Å². The second kappa shape index (κ2) is 7.01. The molecule has 0 unspecified atom stereocenters. The highest BCUT2D eigenvalue weighted by Gasteiger charge is 2.15. The molecule has 106 valence electrons. The SMILES string of the molecule is Nc1ccnc(Br)c1O.O=[N+]([O-])c1ccnc(Br)c1O. The first-order valence-electron chi connectivity index (χ1n) is 4.91. The van der Waals surface area contributed by atoms with Gasteiger partial charge in [-0.05, 0) is 37.9 Å². The van der Waals surface area contributed by atoms with E-state index in [-0.39, 0.29) is 16.0 Å². The maximum atomic E-state index is 10.2. The smallest absolute Gasteiger partial charge is 0.315 e. The van der Waals surface area contributed by atoms with Gasteiger partial charge in [0.25, 0.3) is 0 Å². The summed E-state index contributed by atoms with van der Waals surface area (Å²) in [6, 6.07) is 2.65. The highest BCUT2D eigenvalue weighted by atomic mass is 79.9. The maximum absolute atomic E-state index is 10.2. The summed E-state index contributed by atoms with van der Waals surface area (Å²) >= 11 is 5.85. The Kier molecular flexibility index (Phi) is 5.65. The first kappa shape index (κ1) is 16.1. The number of nitrogens with two attached hydrogens (primary N) is 1. The number of nitrogen functional groups attached to an aromatic ring is 1. The van der Waals surface area contributed by atoms with Crippen molar-refractivity contribution in [1.82, 2.24) is 9.97 Å². The zero-order valence-electron chi connectivity index (χ0n) is 9.70. The molecule has 0 saturated carbocycles. The van der Waals surface area contributed by atoms with E-state index in [1.807, 2.05) is 0 Å². The van der Waals surface area contributed by atoms with Crippen molar-refractivity contribution in [3.63, 3.8) is 0 Å². The molecule has 2 rings (SSSR count). The number of aromatic nitrogens is 2. The lowest BCUT2D eigenvalue weighted by atomic mass is 10.4. The lowest BCUT2D eigenvalue weighted by Crippen LogP contribution is -1.89. The molecule has 0 radical (unpaired) electrons. The fourth-order valence-corrected chi connectivity index (χ4v) is 1.68. The van der Waals surface area contributed by atoms with Crippen LogP contribution in [0, 0.1) is 10.1 Å². The molecule has 8 nitrogen and oxygen atoms in total. The summed E-state index contributed by atoms with van der Waals surface area (Å²) in [5, 5.41) is 28.2. The van der Waals surface area contributed by atoms with Gasteiger partial charge in [-0.15, -0.1) is 0 Å². The summed E-state index contributed by atoms with van der Waals surface area (Å²) in [6.07, 6.45) is 2.75. The Morgan fingerprint density at radius 1 is 1.10 bits per heavy atom. The molecule has 4 N–H and O–H groups in total. The zero-order chi connectivity index (χ0) is 15.3. The predicted molar refractivity (Wildman–Crippen MR) is 78.3 cm³/mol. The second-order valence-electron chi connectivity index (χ2n) is 3.27. The Morgan fingerprint density at radius 3 is 2.00 bits per heavy atom. The van der Waals surface area contributed by atoms with Crippen molar-refractivity contribution in [3.8, 4) is 11.5 Å². The molecule has 2 heterocycles. The zero-order valence-corrected chi connectivity index (χ0v) is 12.9. The van der Waals surface area contributed by atoms with Crippen molar-refractivity contribution < 1.29 is 15.1 Å². The highest BCUT2D eigenvalue weighted by Crippen LogP contribution is 2.30.